The molecule has 1 aliphatic carbocycles. The maximum atomic E-state index is 13.0. The number of imide groups is 1. The lowest BCUT2D eigenvalue weighted by Crippen LogP contribution is -2.52. The van der Waals surface area contributed by atoms with Crippen LogP contribution >= 0.6 is 0 Å². The highest BCUT2D eigenvalue weighted by atomic mass is 16.2. The van der Waals surface area contributed by atoms with Gasteiger partial charge in [-0.05, 0) is 56.1 Å². The highest BCUT2D eigenvalue weighted by Crippen LogP contribution is 2.28. The zero-order valence-electron chi connectivity index (χ0n) is 15.8. The molecule has 0 radical (unpaired) electrons. The zero-order chi connectivity index (χ0) is 18.8. The van der Waals surface area contributed by atoms with Gasteiger partial charge in [0.1, 0.15) is 6.04 Å². The fourth-order valence-corrected chi connectivity index (χ4v) is 3.97. The van der Waals surface area contributed by atoms with Crippen LogP contribution in [0, 0.1) is 11.8 Å². The van der Waals surface area contributed by atoms with Crippen molar-refractivity contribution in [1.82, 2.24) is 10.2 Å². The number of carbonyl (C=O) groups is 3. The van der Waals surface area contributed by atoms with Gasteiger partial charge in [0.15, 0.2) is 0 Å². The third-order valence-electron chi connectivity index (χ3n) is 5.50. The first kappa shape index (κ1) is 18.6. The average molecular weight is 356 g/mol. The molecule has 1 heterocycles. The van der Waals surface area contributed by atoms with Crippen molar-refractivity contribution >= 4 is 17.7 Å². The minimum Gasteiger partial charge on any atom is -0.352 e. The number of rotatable bonds is 5. The number of benzene rings is 1. The maximum Gasteiger partial charge on any atom is 0.262 e. The molecular weight excluding hydrogens is 328 g/mol. The van der Waals surface area contributed by atoms with Crippen molar-refractivity contribution in [2.24, 2.45) is 11.8 Å². The molecule has 1 aromatic carbocycles. The highest BCUT2D eigenvalue weighted by Gasteiger charge is 2.43. The van der Waals surface area contributed by atoms with Crippen LogP contribution in [0.2, 0.25) is 0 Å². The molecule has 3 amide bonds. The lowest BCUT2D eigenvalue weighted by Gasteiger charge is -2.31. The third kappa shape index (κ3) is 3.67. The van der Waals surface area contributed by atoms with Gasteiger partial charge in [0.05, 0.1) is 11.1 Å². The van der Waals surface area contributed by atoms with Crippen molar-refractivity contribution in [2.75, 3.05) is 0 Å². The number of amides is 3. The fourth-order valence-electron chi connectivity index (χ4n) is 3.97. The third-order valence-corrected chi connectivity index (χ3v) is 5.50. The SMILES string of the molecule is CC(C)CC(C(=O)NC1CCC(C)CC1)N1C(=O)c2ccccc2C1=O. The Hall–Kier alpha value is -2.17. The van der Waals surface area contributed by atoms with E-state index in [-0.39, 0.29) is 29.7 Å². The van der Waals surface area contributed by atoms with Crippen LogP contribution in [0.25, 0.3) is 0 Å². The summed E-state index contributed by atoms with van der Waals surface area (Å²) < 4.78 is 0. The van der Waals surface area contributed by atoms with E-state index in [0.29, 0.717) is 23.5 Å². The summed E-state index contributed by atoms with van der Waals surface area (Å²) >= 11 is 0. The first-order valence-electron chi connectivity index (χ1n) is 9.65. The molecular formula is C21H28N2O3. The van der Waals surface area contributed by atoms with Crippen LogP contribution in [0.4, 0.5) is 0 Å². The van der Waals surface area contributed by atoms with Gasteiger partial charge in [0.2, 0.25) is 5.91 Å². The normalized spacial score (nSPS) is 23.9. The molecule has 0 spiro atoms. The van der Waals surface area contributed by atoms with Gasteiger partial charge in [-0.25, -0.2) is 0 Å². The molecule has 1 atom stereocenters. The van der Waals surface area contributed by atoms with E-state index in [2.05, 4.69) is 12.2 Å². The molecule has 0 saturated heterocycles. The quantitative estimate of drug-likeness (QED) is 0.823. The Morgan fingerprint density at radius 2 is 1.62 bits per heavy atom. The van der Waals surface area contributed by atoms with Crippen LogP contribution < -0.4 is 5.32 Å². The van der Waals surface area contributed by atoms with Crippen LogP contribution in [0.3, 0.4) is 0 Å². The summed E-state index contributed by atoms with van der Waals surface area (Å²) in [6.07, 6.45) is 4.60. The molecule has 1 fully saturated rings. The van der Waals surface area contributed by atoms with E-state index in [0.717, 1.165) is 25.7 Å². The van der Waals surface area contributed by atoms with Gasteiger partial charge in [-0.2, -0.15) is 0 Å². The number of nitrogens with zero attached hydrogens (tertiary/aromatic N) is 1. The Morgan fingerprint density at radius 3 is 2.12 bits per heavy atom. The topological polar surface area (TPSA) is 66.5 Å². The average Bonchev–Trinajstić information content (AvgIpc) is 2.86. The summed E-state index contributed by atoms with van der Waals surface area (Å²) in [7, 11) is 0. The largest absolute Gasteiger partial charge is 0.352 e. The summed E-state index contributed by atoms with van der Waals surface area (Å²) in [6, 6.07) is 6.19. The molecule has 5 heteroatoms. The molecule has 1 unspecified atom stereocenters. The van der Waals surface area contributed by atoms with E-state index in [1.807, 2.05) is 13.8 Å². The van der Waals surface area contributed by atoms with Crippen LogP contribution in [0.15, 0.2) is 24.3 Å². The molecule has 5 nitrogen and oxygen atoms in total. The van der Waals surface area contributed by atoms with Gasteiger partial charge < -0.3 is 5.32 Å². The number of fused-ring (bicyclic) bond motifs is 1. The fraction of sp³-hybridized carbons (Fsp3) is 0.571. The van der Waals surface area contributed by atoms with Crippen LogP contribution in [0.1, 0.15) is 73.6 Å². The van der Waals surface area contributed by atoms with Crippen LogP contribution in [-0.2, 0) is 4.79 Å². The van der Waals surface area contributed by atoms with E-state index in [1.165, 1.54) is 4.90 Å². The van der Waals surface area contributed by atoms with Crippen molar-refractivity contribution in [2.45, 2.75) is 65.0 Å². The summed E-state index contributed by atoms with van der Waals surface area (Å²) in [4.78, 5) is 39.8. The van der Waals surface area contributed by atoms with Gasteiger partial charge in [-0.15, -0.1) is 0 Å². The highest BCUT2D eigenvalue weighted by molar-refractivity contribution is 6.22. The first-order valence-corrected chi connectivity index (χ1v) is 9.65. The van der Waals surface area contributed by atoms with Gasteiger partial charge in [0.25, 0.3) is 11.8 Å². The summed E-state index contributed by atoms with van der Waals surface area (Å²) in [6.45, 7) is 6.24. The van der Waals surface area contributed by atoms with Gasteiger partial charge in [0, 0.05) is 6.04 Å². The van der Waals surface area contributed by atoms with Gasteiger partial charge in [-0.3, -0.25) is 19.3 Å². The molecule has 140 valence electrons. The van der Waals surface area contributed by atoms with Crippen molar-refractivity contribution in [1.29, 1.82) is 0 Å². The summed E-state index contributed by atoms with van der Waals surface area (Å²) in [5.74, 6) is -0.0209. The minimum atomic E-state index is -0.748. The molecule has 0 bridgehead atoms. The minimum absolute atomic E-state index is 0.142. The van der Waals surface area contributed by atoms with E-state index in [4.69, 9.17) is 0 Å². The van der Waals surface area contributed by atoms with Crippen molar-refractivity contribution in [3.63, 3.8) is 0 Å². The van der Waals surface area contributed by atoms with E-state index >= 15 is 0 Å². The lowest BCUT2D eigenvalue weighted by atomic mass is 9.87. The number of hydrogen-bond donors (Lipinski definition) is 1. The molecule has 1 aliphatic heterocycles. The number of hydrogen-bond acceptors (Lipinski definition) is 3. The Kier molecular flexibility index (Phi) is 5.44. The van der Waals surface area contributed by atoms with Crippen molar-refractivity contribution in [3.05, 3.63) is 35.4 Å². The Labute approximate surface area is 155 Å². The molecule has 1 N–H and O–H groups in total. The standard InChI is InChI=1S/C21H28N2O3/c1-13(2)12-18(19(24)22-15-10-8-14(3)9-11-15)23-20(25)16-6-4-5-7-17(16)21(23)26/h4-7,13-15,18H,8-12H2,1-3H3,(H,22,24). The molecule has 1 saturated carbocycles. The monoisotopic (exact) mass is 356 g/mol. The molecule has 3 rings (SSSR count). The van der Waals surface area contributed by atoms with Crippen LogP contribution in [0.5, 0.6) is 0 Å². The second kappa shape index (κ2) is 7.60. The first-order chi connectivity index (χ1) is 12.4. The zero-order valence-corrected chi connectivity index (χ0v) is 15.8. The Balaban J connectivity index is 1.79. The molecule has 1 aromatic rings. The van der Waals surface area contributed by atoms with Gasteiger partial charge in [-0.1, -0.05) is 32.9 Å². The van der Waals surface area contributed by atoms with E-state index in [9.17, 15) is 14.4 Å². The number of carbonyl (C=O) groups excluding carboxylic acids is 3. The van der Waals surface area contributed by atoms with Crippen LogP contribution in [-0.4, -0.2) is 34.7 Å². The Morgan fingerprint density at radius 1 is 1.08 bits per heavy atom. The van der Waals surface area contributed by atoms with Crippen molar-refractivity contribution in [3.8, 4) is 0 Å². The summed E-state index contributed by atoms with van der Waals surface area (Å²) in [5.41, 5.74) is 0.788. The lowest BCUT2D eigenvalue weighted by molar-refractivity contribution is -0.126. The van der Waals surface area contributed by atoms with Gasteiger partial charge >= 0.3 is 0 Å². The predicted octanol–water partition coefficient (Wildman–Crippen LogP) is 3.39. The smallest absolute Gasteiger partial charge is 0.262 e. The van der Waals surface area contributed by atoms with Crippen molar-refractivity contribution < 1.29 is 14.4 Å². The maximum absolute atomic E-state index is 13.0. The second-order valence-electron chi connectivity index (χ2n) is 8.14. The Bertz CT molecular complexity index is 670. The molecule has 2 aliphatic rings. The predicted molar refractivity (Wildman–Crippen MR) is 99.7 cm³/mol. The molecule has 26 heavy (non-hydrogen) atoms. The number of nitrogens with one attached hydrogen (secondary N) is 1. The second-order valence-corrected chi connectivity index (χ2v) is 8.14. The van der Waals surface area contributed by atoms with E-state index < -0.39 is 6.04 Å². The summed E-state index contributed by atoms with van der Waals surface area (Å²) in [5, 5.41) is 3.10. The molecule has 0 aromatic heterocycles. The van der Waals surface area contributed by atoms with E-state index in [1.54, 1.807) is 24.3 Å².